The average molecular weight is 789 g/mol. The van der Waals surface area contributed by atoms with Crippen LogP contribution in [0.2, 0.25) is 0 Å². The summed E-state index contributed by atoms with van der Waals surface area (Å²) in [4.78, 5) is 0. The van der Waals surface area contributed by atoms with Crippen LogP contribution in [0.15, 0.2) is 103 Å². The molecule has 8 rings (SSSR count). The molecule has 0 nitrogen and oxygen atoms in total. The molecule has 0 saturated carbocycles. The van der Waals surface area contributed by atoms with Gasteiger partial charge in [0.25, 0.3) is 0 Å². The first kappa shape index (κ1) is 40.8. The molecule has 0 radical (unpaired) electrons. The van der Waals surface area contributed by atoms with E-state index in [4.69, 9.17) is 0 Å². The molecule has 3 heteroatoms. The molecule has 0 amide bonds. The van der Waals surface area contributed by atoms with Gasteiger partial charge in [-0.2, -0.15) is 23.1 Å². The third-order valence-corrected chi connectivity index (χ3v) is 12.2. The van der Waals surface area contributed by atoms with Gasteiger partial charge in [0.05, 0.1) is 0 Å². The number of rotatable bonds is 3. The standard InChI is InChI=1S/C29H33.C11H9.C8H8.2ClH.Zr/c1-14-13-24-25(18(5)15(14)2)21(8)28-27-20(7)17(4)16(3)19(6)26(27)22-11-9-10-12-23(22)29(24)28;1-2-6-10(7-3-1)11-8-4-5-9-11;1-2-8-6-4-3-5-7-8;;;/h9-13,16-17,19,21H,1-8H3;1-3,6-9H,4H2;1,3-7H,2H2;2*1H;/q2*-1;;;;+2/p-2. The zero-order valence-electron chi connectivity index (χ0n) is 31.4. The molecule has 0 aromatic heterocycles. The van der Waals surface area contributed by atoms with Crippen LogP contribution in [0, 0.1) is 44.6 Å². The van der Waals surface area contributed by atoms with Gasteiger partial charge in [-0.3, -0.25) is 6.08 Å². The Bertz CT molecular complexity index is 2040. The van der Waals surface area contributed by atoms with Crippen LogP contribution in [0.25, 0.3) is 27.5 Å². The van der Waals surface area contributed by atoms with Crippen LogP contribution < -0.4 is 24.8 Å². The summed E-state index contributed by atoms with van der Waals surface area (Å²) in [5, 5.41) is 2.93. The second kappa shape index (κ2) is 17.7. The summed E-state index contributed by atoms with van der Waals surface area (Å²) in [7, 11) is 0. The van der Waals surface area contributed by atoms with Gasteiger partial charge in [0.15, 0.2) is 0 Å². The summed E-state index contributed by atoms with van der Waals surface area (Å²) in [5.74, 6) is 3.94. The Kier molecular flexibility index (Phi) is 14.2. The predicted molar refractivity (Wildman–Crippen MR) is 209 cm³/mol. The van der Waals surface area contributed by atoms with Crippen molar-refractivity contribution in [1.82, 2.24) is 0 Å². The fraction of sp³-hybridized carbons (Fsp3) is 0.292. The van der Waals surface area contributed by atoms with Crippen molar-refractivity contribution in [3.8, 4) is 11.1 Å². The number of hydrogen-bond acceptors (Lipinski definition) is 0. The molecular weight excluding hydrogens is 739 g/mol. The third kappa shape index (κ3) is 7.88. The van der Waals surface area contributed by atoms with Crippen LogP contribution in [0.5, 0.6) is 0 Å². The Balaban J connectivity index is 0.000000218. The molecule has 5 aromatic rings. The minimum atomic E-state index is 0. The van der Waals surface area contributed by atoms with Crippen molar-refractivity contribution >= 4 is 20.1 Å². The molecule has 262 valence electrons. The van der Waals surface area contributed by atoms with Crippen LogP contribution in [0.4, 0.5) is 0 Å². The molecule has 3 aliphatic rings. The van der Waals surface area contributed by atoms with Crippen molar-refractivity contribution in [1.29, 1.82) is 0 Å². The molecule has 0 N–H and O–H groups in total. The van der Waals surface area contributed by atoms with E-state index < -0.39 is 0 Å². The van der Waals surface area contributed by atoms with E-state index in [2.05, 4.69) is 156 Å². The Labute approximate surface area is 335 Å². The van der Waals surface area contributed by atoms with Crippen LogP contribution in [-0.2, 0) is 30.7 Å². The maximum atomic E-state index is 3.15. The molecule has 0 aliphatic heterocycles. The van der Waals surface area contributed by atoms with Crippen molar-refractivity contribution in [2.24, 2.45) is 11.8 Å². The van der Waals surface area contributed by atoms with E-state index in [0.717, 1.165) is 12.8 Å². The van der Waals surface area contributed by atoms with E-state index in [9.17, 15) is 0 Å². The summed E-state index contributed by atoms with van der Waals surface area (Å²) in [6, 6.07) is 32.6. The molecule has 0 bridgehead atoms. The van der Waals surface area contributed by atoms with E-state index in [0.29, 0.717) is 23.7 Å². The summed E-state index contributed by atoms with van der Waals surface area (Å²) < 4.78 is 2.25. The van der Waals surface area contributed by atoms with Crippen LogP contribution in [0.3, 0.4) is 0 Å². The van der Waals surface area contributed by atoms with Gasteiger partial charge >= 0.3 is 70.3 Å². The van der Waals surface area contributed by atoms with E-state index in [1.54, 1.807) is 28.2 Å². The monoisotopic (exact) mass is 786 g/mol. The summed E-state index contributed by atoms with van der Waals surface area (Å²) in [6.07, 6.45) is 9.48. The molecule has 4 atom stereocenters. The number of benzene rings is 5. The van der Waals surface area contributed by atoms with Crippen molar-refractivity contribution in [3.63, 3.8) is 0 Å². The molecule has 3 aliphatic carbocycles. The Hall–Kier alpha value is -2.96. The van der Waals surface area contributed by atoms with E-state index in [1.807, 2.05) is 12.1 Å². The van der Waals surface area contributed by atoms with Crippen LogP contribution >= 0.6 is 0 Å². The van der Waals surface area contributed by atoms with Gasteiger partial charge < -0.3 is 24.8 Å². The number of aryl methyl sites for hydroxylation is 1. The Morgan fingerprint density at radius 3 is 1.98 bits per heavy atom. The van der Waals surface area contributed by atoms with E-state index >= 15 is 0 Å². The molecule has 0 fully saturated rings. The molecule has 0 saturated heterocycles. The van der Waals surface area contributed by atoms with Gasteiger partial charge in [0.2, 0.25) is 0 Å². The van der Waals surface area contributed by atoms with Gasteiger partial charge in [0, 0.05) is 0 Å². The summed E-state index contributed by atoms with van der Waals surface area (Å²) in [5.41, 5.74) is 17.7. The maximum absolute atomic E-state index is 3.15. The summed E-state index contributed by atoms with van der Waals surface area (Å²) >= 11 is 1.51. The first-order valence-corrected chi connectivity index (χ1v) is 19.5. The second-order valence-electron chi connectivity index (χ2n) is 14.3. The first-order chi connectivity index (χ1) is 23.6. The van der Waals surface area contributed by atoms with Crippen LogP contribution in [0.1, 0.15) is 103 Å². The van der Waals surface area contributed by atoms with Gasteiger partial charge in [-0.25, -0.2) is 6.08 Å². The van der Waals surface area contributed by atoms with Crippen LogP contribution in [-0.4, -0.2) is 3.71 Å². The molecule has 0 heterocycles. The van der Waals surface area contributed by atoms with Crippen molar-refractivity contribution in [2.75, 3.05) is 0 Å². The predicted octanol–water partition coefficient (Wildman–Crippen LogP) is 6.65. The van der Waals surface area contributed by atoms with Gasteiger partial charge in [-0.15, -0.1) is 23.1 Å². The van der Waals surface area contributed by atoms with Gasteiger partial charge in [0.1, 0.15) is 0 Å². The zero-order valence-corrected chi connectivity index (χ0v) is 35.3. The molecule has 0 spiro atoms. The van der Waals surface area contributed by atoms with Crippen molar-refractivity contribution in [2.45, 2.75) is 80.1 Å². The Morgan fingerprint density at radius 1 is 0.765 bits per heavy atom. The third-order valence-electron chi connectivity index (χ3n) is 11.7. The van der Waals surface area contributed by atoms with E-state index in [1.165, 1.54) is 79.5 Å². The molecule has 4 unspecified atom stereocenters. The SMILES string of the molecule is Cc1cc2c(c(C)c1C)C(C)c1c3c(c4ccccc4c1-2)C(C)C(C)C(C)[C-]3C.[C-]1=CC(c2ccccc2)=CC1.[Cl-].[Cl-].[Zr+2]=[CH]Cc1ccccc1. The quantitative estimate of drug-likeness (QED) is 0.180. The fourth-order valence-corrected chi connectivity index (χ4v) is 8.98. The zero-order chi connectivity index (χ0) is 34.8. The minimum absolute atomic E-state index is 0. The molecule has 51 heavy (non-hydrogen) atoms. The second-order valence-corrected chi connectivity index (χ2v) is 15.3. The molecule has 5 aromatic carbocycles. The summed E-state index contributed by atoms with van der Waals surface area (Å²) in [6.45, 7) is 19.1. The van der Waals surface area contributed by atoms with Crippen molar-refractivity contribution in [3.05, 3.63) is 165 Å². The number of halogens is 2. The normalized spacial score (nSPS) is 19.2. The number of hydrogen-bond donors (Lipinski definition) is 0. The van der Waals surface area contributed by atoms with E-state index in [-0.39, 0.29) is 24.8 Å². The first-order valence-electron chi connectivity index (χ1n) is 18.0. The number of allylic oxidation sites excluding steroid dienone is 4. The average Bonchev–Trinajstić information content (AvgIpc) is 3.77. The van der Waals surface area contributed by atoms with Gasteiger partial charge in [-0.1, -0.05) is 124 Å². The number of fused-ring (bicyclic) bond motifs is 8. The van der Waals surface area contributed by atoms with Gasteiger partial charge in [-0.05, 0) is 59.9 Å². The topological polar surface area (TPSA) is 0 Å². The fourth-order valence-electron chi connectivity index (χ4n) is 8.40. The molecular formula is C48H50Cl2Zr-2. The Morgan fingerprint density at radius 2 is 1.37 bits per heavy atom. The van der Waals surface area contributed by atoms with Crippen molar-refractivity contribution < 1.29 is 49.0 Å².